The van der Waals surface area contributed by atoms with E-state index in [9.17, 15) is 4.79 Å². The molecule has 1 amide bonds. The van der Waals surface area contributed by atoms with Crippen molar-refractivity contribution >= 4 is 62.5 Å². The molecule has 33 heavy (non-hydrogen) atoms. The molecule has 0 spiro atoms. The summed E-state index contributed by atoms with van der Waals surface area (Å²) in [6.45, 7) is 4.16. The highest BCUT2D eigenvalue weighted by Gasteiger charge is 2.13. The van der Waals surface area contributed by atoms with Crippen molar-refractivity contribution in [3.8, 4) is 5.69 Å². The first-order valence-electron chi connectivity index (χ1n) is 10.8. The summed E-state index contributed by atoms with van der Waals surface area (Å²) in [4.78, 5) is 14.2. The van der Waals surface area contributed by atoms with Gasteiger partial charge in [0.15, 0.2) is 5.11 Å². The highest BCUT2D eigenvalue weighted by molar-refractivity contribution is 14.1. The largest absolute Gasteiger partial charge is 0.332 e. The van der Waals surface area contributed by atoms with Crippen LogP contribution in [-0.4, -0.2) is 26.0 Å². The maximum atomic E-state index is 12.5. The van der Waals surface area contributed by atoms with Crippen LogP contribution >= 0.6 is 34.8 Å². The molecule has 8 heteroatoms. The first-order valence-corrected chi connectivity index (χ1v) is 12.3. The molecule has 4 rings (SSSR count). The number of carbonyl (C=O) groups excluding carboxylic acids is 1. The van der Waals surface area contributed by atoms with Crippen molar-refractivity contribution in [2.24, 2.45) is 0 Å². The molecule has 6 nitrogen and oxygen atoms in total. The second kappa shape index (κ2) is 10.4. The van der Waals surface area contributed by atoms with Gasteiger partial charge in [-0.05, 0) is 102 Å². The third kappa shape index (κ3) is 5.56. The Morgan fingerprint density at radius 3 is 2.45 bits per heavy atom. The average Bonchev–Trinajstić information content (AvgIpc) is 3.21. The third-order valence-electron chi connectivity index (χ3n) is 5.31. The molecule has 4 aromatic rings. The molecule has 0 saturated heterocycles. The lowest BCUT2D eigenvalue weighted by atomic mass is 10.1. The molecule has 0 atom stereocenters. The Labute approximate surface area is 211 Å². The zero-order valence-electron chi connectivity index (χ0n) is 18.4. The molecule has 0 fully saturated rings. The number of unbranched alkanes of at least 4 members (excludes halogenated alkanes) is 1. The van der Waals surface area contributed by atoms with Gasteiger partial charge in [-0.1, -0.05) is 37.6 Å². The van der Waals surface area contributed by atoms with E-state index in [1.165, 1.54) is 18.4 Å². The fourth-order valence-electron chi connectivity index (χ4n) is 3.46. The van der Waals surface area contributed by atoms with Gasteiger partial charge in [-0.25, -0.2) is 0 Å². The number of hydrogen-bond donors (Lipinski definition) is 2. The van der Waals surface area contributed by atoms with Gasteiger partial charge in [-0.2, -0.15) is 4.80 Å². The number of rotatable bonds is 6. The lowest BCUT2D eigenvalue weighted by molar-refractivity contribution is 0.0977. The Kier molecular flexibility index (Phi) is 7.34. The molecule has 1 heterocycles. The van der Waals surface area contributed by atoms with Gasteiger partial charge in [0, 0.05) is 9.26 Å². The second-order valence-electron chi connectivity index (χ2n) is 7.80. The van der Waals surface area contributed by atoms with Crippen molar-refractivity contribution in [3.63, 3.8) is 0 Å². The number of amides is 1. The average molecular weight is 569 g/mol. The van der Waals surface area contributed by atoms with Crippen LogP contribution in [-0.2, 0) is 6.42 Å². The van der Waals surface area contributed by atoms with E-state index in [2.05, 4.69) is 62.5 Å². The molecule has 0 aliphatic rings. The van der Waals surface area contributed by atoms with E-state index in [1.54, 1.807) is 10.9 Å². The first kappa shape index (κ1) is 23.3. The molecule has 0 saturated carbocycles. The van der Waals surface area contributed by atoms with E-state index in [0.717, 1.165) is 38.0 Å². The maximum absolute atomic E-state index is 12.5. The molecule has 0 radical (unpaired) electrons. The van der Waals surface area contributed by atoms with Gasteiger partial charge in [0.2, 0.25) is 0 Å². The number of nitrogens with one attached hydrogen (secondary N) is 2. The third-order valence-corrected chi connectivity index (χ3v) is 6.45. The highest BCUT2D eigenvalue weighted by Crippen LogP contribution is 2.22. The van der Waals surface area contributed by atoms with E-state index in [4.69, 9.17) is 12.2 Å². The van der Waals surface area contributed by atoms with Gasteiger partial charge in [-0.3, -0.25) is 10.1 Å². The number of thiocarbonyl (C=S) groups is 1. The molecule has 168 valence electrons. The molecule has 0 unspecified atom stereocenters. The Bertz CT molecular complexity index is 1320. The van der Waals surface area contributed by atoms with Crippen LogP contribution in [0.25, 0.3) is 16.7 Å². The van der Waals surface area contributed by atoms with Crippen LogP contribution in [0.2, 0.25) is 0 Å². The summed E-state index contributed by atoms with van der Waals surface area (Å²) >= 11 is 7.51. The van der Waals surface area contributed by atoms with Crippen molar-refractivity contribution in [2.75, 3.05) is 5.32 Å². The van der Waals surface area contributed by atoms with Crippen molar-refractivity contribution in [1.82, 2.24) is 20.3 Å². The van der Waals surface area contributed by atoms with E-state index < -0.39 is 0 Å². The highest BCUT2D eigenvalue weighted by atomic mass is 127. The number of benzene rings is 3. The lowest BCUT2D eigenvalue weighted by Crippen LogP contribution is -2.34. The van der Waals surface area contributed by atoms with Crippen molar-refractivity contribution < 1.29 is 4.79 Å². The van der Waals surface area contributed by atoms with Gasteiger partial charge in [-0.15, -0.1) is 10.2 Å². The summed E-state index contributed by atoms with van der Waals surface area (Å²) in [5.74, 6) is -0.246. The topological polar surface area (TPSA) is 71.8 Å². The van der Waals surface area contributed by atoms with Crippen molar-refractivity contribution in [1.29, 1.82) is 0 Å². The zero-order chi connectivity index (χ0) is 23.4. The van der Waals surface area contributed by atoms with Gasteiger partial charge >= 0.3 is 0 Å². The van der Waals surface area contributed by atoms with E-state index in [1.807, 2.05) is 49.4 Å². The Morgan fingerprint density at radius 2 is 1.76 bits per heavy atom. The predicted octanol–water partition coefficient (Wildman–Crippen LogP) is 5.80. The molecule has 0 aliphatic carbocycles. The summed E-state index contributed by atoms with van der Waals surface area (Å²) in [7, 11) is 0. The number of carbonyl (C=O) groups is 1. The Hall–Kier alpha value is -2.85. The standard InChI is InChI=1S/C25H24IN5OS/c1-3-4-7-17-10-12-18(13-11-17)31-29-22-14-16(2)21(15-23(22)30-31)27-25(33)28-24(32)19-8-5-6-9-20(19)26/h5-6,8-15H,3-4,7H2,1-2H3,(H2,27,28,32,33). The number of fused-ring (bicyclic) bond motifs is 1. The van der Waals surface area contributed by atoms with Crippen LogP contribution in [0.1, 0.15) is 41.3 Å². The zero-order valence-corrected chi connectivity index (χ0v) is 21.4. The minimum absolute atomic E-state index is 0.233. The van der Waals surface area contributed by atoms with E-state index in [0.29, 0.717) is 5.56 Å². The first-order chi connectivity index (χ1) is 15.9. The Morgan fingerprint density at radius 1 is 1.06 bits per heavy atom. The quantitative estimate of drug-likeness (QED) is 0.227. The monoisotopic (exact) mass is 569 g/mol. The molecule has 0 bridgehead atoms. The van der Waals surface area contributed by atoms with Gasteiger partial charge in [0.1, 0.15) is 11.0 Å². The number of nitrogens with zero attached hydrogens (tertiary/aromatic N) is 3. The van der Waals surface area contributed by atoms with Gasteiger partial charge in [0.05, 0.1) is 11.3 Å². The molecular formula is C25H24IN5OS. The predicted molar refractivity (Wildman–Crippen MR) is 145 cm³/mol. The smallest absolute Gasteiger partial charge is 0.258 e. The van der Waals surface area contributed by atoms with Crippen LogP contribution in [0.4, 0.5) is 5.69 Å². The molecule has 1 aromatic heterocycles. The summed E-state index contributed by atoms with van der Waals surface area (Å²) < 4.78 is 0.864. The maximum Gasteiger partial charge on any atom is 0.258 e. The normalized spacial score (nSPS) is 10.9. The number of hydrogen-bond acceptors (Lipinski definition) is 4. The Balaban J connectivity index is 1.50. The van der Waals surface area contributed by atoms with Crippen LogP contribution in [0.3, 0.4) is 0 Å². The van der Waals surface area contributed by atoms with Crippen molar-refractivity contribution in [2.45, 2.75) is 33.1 Å². The molecule has 3 aromatic carbocycles. The van der Waals surface area contributed by atoms with Crippen LogP contribution < -0.4 is 10.6 Å². The molecular weight excluding hydrogens is 545 g/mol. The number of anilines is 1. The SMILES string of the molecule is CCCCc1ccc(-n2nc3cc(C)c(NC(=S)NC(=O)c4ccccc4I)cc3n2)cc1. The minimum atomic E-state index is -0.246. The number of halogens is 1. The fourth-order valence-corrected chi connectivity index (χ4v) is 4.30. The summed E-state index contributed by atoms with van der Waals surface area (Å²) in [6.07, 6.45) is 3.45. The van der Waals surface area contributed by atoms with E-state index >= 15 is 0 Å². The van der Waals surface area contributed by atoms with Crippen LogP contribution in [0.15, 0.2) is 60.7 Å². The lowest BCUT2D eigenvalue weighted by Gasteiger charge is -2.12. The van der Waals surface area contributed by atoms with Gasteiger partial charge in [0.25, 0.3) is 5.91 Å². The summed E-state index contributed by atoms with van der Waals surface area (Å²) in [5, 5.41) is 15.4. The van der Waals surface area contributed by atoms with Gasteiger partial charge < -0.3 is 5.32 Å². The van der Waals surface area contributed by atoms with E-state index in [-0.39, 0.29) is 11.0 Å². The van der Waals surface area contributed by atoms with Crippen LogP contribution in [0.5, 0.6) is 0 Å². The summed E-state index contributed by atoms with van der Waals surface area (Å²) in [6, 6.07) is 19.6. The minimum Gasteiger partial charge on any atom is -0.332 e. The van der Waals surface area contributed by atoms with Crippen molar-refractivity contribution in [3.05, 3.63) is 80.9 Å². The molecule has 0 aliphatic heterocycles. The fraction of sp³-hybridized carbons (Fsp3) is 0.200. The molecule has 2 N–H and O–H groups in total. The number of aryl methyl sites for hydroxylation is 2. The summed E-state index contributed by atoms with van der Waals surface area (Å²) in [5.41, 5.74) is 6.08. The number of aromatic nitrogens is 3. The van der Waals surface area contributed by atoms with Crippen LogP contribution in [0, 0.1) is 10.5 Å². The second-order valence-corrected chi connectivity index (χ2v) is 9.37.